The number of benzene rings is 2. The van der Waals surface area contributed by atoms with Crippen molar-refractivity contribution in [1.82, 2.24) is 4.31 Å². The molecule has 0 radical (unpaired) electrons. The Balaban J connectivity index is 2.06. The number of esters is 1. The van der Waals surface area contributed by atoms with Gasteiger partial charge < -0.3 is 4.74 Å². The molecule has 1 aliphatic heterocycles. The molecule has 1 heterocycles. The van der Waals surface area contributed by atoms with Crippen LogP contribution in [0.2, 0.25) is 0 Å². The average molecular weight is 454 g/mol. The highest BCUT2D eigenvalue weighted by molar-refractivity contribution is 9.10. The molecule has 5 nitrogen and oxygen atoms in total. The molecule has 0 saturated carbocycles. The van der Waals surface area contributed by atoms with E-state index in [0.29, 0.717) is 5.56 Å². The van der Waals surface area contributed by atoms with Crippen molar-refractivity contribution >= 4 is 31.9 Å². The van der Waals surface area contributed by atoms with Crippen LogP contribution in [0.3, 0.4) is 0 Å². The van der Waals surface area contributed by atoms with Gasteiger partial charge >= 0.3 is 5.97 Å². The average Bonchev–Trinajstić information content (AvgIpc) is 3.08. The van der Waals surface area contributed by atoms with E-state index in [1.54, 1.807) is 25.1 Å². The second-order valence-corrected chi connectivity index (χ2v) is 8.67. The molecule has 0 amide bonds. The molecule has 0 aromatic heterocycles. The van der Waals surface area contributed by atoms with E-state index in [-0.39, 0.29) is 23.6 Å². The van der Waals surface area contributed by atoms with Crippen LogP contribution in [0, 0.1) is 5.82 Å². The van der Waals surface area contributed by atoms with E-state index in [0.717, 1.165) is 4.47 Å². The quantitative estimate of drug-likeness (QED) is 0.645. The summed E-state index contributed by atoms with van der Waals surface area (Å²) in [6.45, 7) is 1.82. The van der Waals surface area contributed by atoms with Gasteiger partial charge in [0.25, 0.3) is 0 Å². The number of hydrogen-bond acceptors (Lipinski definition) is 4. The van der Waals surface area contributed by atoms with E-state index < -0.39 is 27.9 Å². The number of sulfonamides is 1. The molecule has 2 aromatic rings. The minimum atomic E-state index is -3.92. The van der Waals surface area contributed by atoms with Crippen molar-refractivity contribution in [2.75, 3.05) is 13.2 Å². The van der Waals surface area contributed by atoms with E-state index in [2.05, 4.69) is 15.9 Å². The number of ether oxygens (including phenoxy) is 1. The van der Waals surface area contributed by atoms with Gasteiger partial charge in [0.2, 0.25) is 10.0 Å². The Hall–Kier alpha value is -2.03. The molecule has 27 heavy (non-hydrogen) atoms. The first-order valence-corrected chi connectivity index (χ1v) is 10.5. The summed E-state index contributed by atoms with van der Waals surface area (Å²) in [6.07, 6.45) is 1.52. The molecular formula is C19H17BrFNO4S. The summed E-state index contributed by atoms with van der Waals surface area (Å²) in [5.41, 5.74) is 0.552. The molecule has 0 spiro atoms. The molecule has 142 valence electrons. The van der Waals surface area contributed by atoms with Crippen molar-refractivity contribution < 1.29 is 22.3 Å². The number of nitrogens with zero attached hydrogens (tertiary/aromatic N) is 1. The number of carbonyl (C=O) groups excluding carboxylic acids is 1. The van der Waals surface area contributed by atoms with E-state index >= 15 is 0 Å². The Morgan fingerprint density at radius 3 is 2.59 bits per heavy atom. The van der Waals surface area contributed by atoms with Gasteiger partial charge in [-0.1, -0.05) is 34.1 Å². The first kappa shape index (κ1) is 19.7. The fourth-order valence-corrected chi connectivity index (χ4v) is 4.77. The van der Waals surface area contributed by atoms with Crippen LogP contribution >= 0.6 is 15.9 Å². The Bertz CT molecular complexity index is 989. The molecule has 2 aromatic carbocycles. The first-order valence-electron chi connectivity index (χ1n) is 8.24. The van der Waals surface area contributed by atoms with Crippen molar-refractivity contribution in [1.29, 1.82) is 0 Å². The Labute approximate surface area is 165 Å². The summed E-state index contributed by atoms with van der Waals surface area (Å²) < 4.78 is 47.1. The molecule has 0 N–H and O–H groups in total. The standard InChI is InChI=1S/C19H17BrFNO4S/c1-2-26-19(23)17-10-11-22(18(17)13-4-3-5-15(21)12-13)27(24,25)16-8-6-14(20)7-9-16/h3-10,12,18H,2,11H2,1H3. The molecule has 1 atom stereocenters. The molecule has 0 aliphatic carbocycles. The Morgan fingerprint density at radius 1 is 1.26 bits per heavy atom. The van der Waals surface area contributed by atoms with Gasteiger partial charge in [-0.25, -0.2) is 17.6 Å². The number of halogens is 2. The van der Waals surface area contributed by atoms with Gasteiger partial charge in [-0.15, -0.1) is 0 Å². The first-order chi connectivity index (χ1) is 12.8. The summed E-state index contributed by atoms with van der Waals surface area (Å²) in [5.74, 6) is -1.12. The van der Waals surface area contributed by atoms with Crippen molar-refractivity contribution in [3.05, 3.63) is 76.0 Å². The van der Waals surface area contributed by atoms with Crippen LogP contribution in [0.1, 0.15) is 18.5 Å². The molecule has 8 heteroatoms. The van der Waals surface area contributed by atoms with Gasteiger partial charge in [0, 0.05) is 11.0 Å². The normalized spacial score (nSPS) is 17.6. The molecule has 0 fully saturated rings. The van der Waals surface area contributed by atoms with Crippen LogP contribution in [0.4, 0.5) is 4.39 Å². The molecule has 0 bridgehead atoms. The summed E-state index contributed by atoms with van der Waals surface area (Å²) in [7, 11) is -3.92. The highest BCUT2D eigenvalue weighted by Crippen LogP contribution is 2.38. The van der Waals surface area contributed by atoms with Crippen molar-refractivity contribution in [2.24, 2.45) is 0 Å². The second kappa shape index (κ2) is 7.92. The highest BCUT2D eigenvalue weighted by atomic mass is 79.9. The molecule has 1 aliphatic rings. The largest absolute Gasteiger partial charge is 0.463 e. The molecule has 0 saturated heterocycles. The lowest BCUT2D eigenvalue weighted by Crippen LogP contribution is -2.33. The van der Waals surface area contributed by atoms with E-state index in [9.17, 15) is 17.6 Å². The van der Waals surface area contributed by atoms with Gasteiger partial charge in [-0.05, 0) is 48.9 Å². The SMILES string of the molecule is CCOC(=O)C1=CCN(S(=O)(=O)c2ccc(Br)cc2)C1c1cccc(F)c1. The fraction of sp³-hybridized carbons (Fsp3) is 0.211. The lowest BCUT2D eigenvalue weighted by atomic mass is 10.0. The van der Waals surface area contributed by atoms with Crippen LogP contribution in [0.5, 0.6) is 0 Å². The predicted molar refractivity (Wildman–Crippen MR) is 102 cm³/mol. The fourth-order valence-electron chi connectivity index (χ4n) is 2.97. The maximum atomic E-state index is 13.8. The second-order valence-electron chi connectivity index (χ2n) is 5.87. The van der Waals surface area contributed by atoms with Gasteiger partial charge in [-0.3, -0.25) is 0 Å². The van der Waals surface area contributed by atoms with Crippen LogP contribution < -0.4 is 0 Å². The topological polar surface area (TPSA) is 63.7 Å². The third-order valence-electron chi connectivity index (χ3n) is 4.17. The smallest absolute Gasteiger partial charge is 0.335 e. The van der Waals surface area contributed by atoms with Crippen LogP contribution in [0.15, 0.2) is 69.5 Å². The predicted octanol–water partition coefficient (Wildman–Crippen LogP) is 3.82. The molecule has 3 rings (SSSR count). The summed E-state index contributed by atoms with van der Waals surface area (Å²) in [6, 6.07) is 10.8. The molecule has 1 unspecified atom stereocenters. The lowest BCUT2D eigenvalue weighted by Gasteiger charge is -2.26. The van der Waals surface area contributed by atoms with Crippen molar-refractivity contribution in [3.63, 3.8) is 0 Å². The maximum absolute atomic E-state index is 13.8. The van der Waals surface area contributed by atoms with Gasteiger partial charge in [-0.2, -0.15) is 4.31 Å². The Morgan fingerprint density at radius 2 is 1.96 bits per heavy atom. The third-order valence-corrected chi connectivity index (χ3v) is 6.54. The third kappa shape index (κ3) is 3.97. The highest BCUT2D eigenvalue weighted by Gasteiger charge is 2.41. The summed E-state index contributed by atoms with van der Waals surface area (Å²) in [4.78, 5) is 12.4. The minimum Gasteiger partial charge on any atom is -0.463 e. The van der Waals surface area contributed by atoms with Gasteiger partial charge in [0.1, 0.15) is 5.82 Å². The zero-order valence-corrected chi connectivity index (χ0v) is 16.8. The van der Waals surface area contributed by atoms with Crippen LogP contribution in [-0.4, -0.2) is 31.8 Å². The minimum absolute atomic E-state index is 0.00623. The van der Waals surface area contributed by atoms with E-state index in [1.807, 2.05) is 0 Å². The number of rotatable bonds is 5. The number of hydrogen-bond donors (Lipinski definition) is 0. The van der Waals surface area contributed by atoms with Crippen molar-refractivity contribution in [2.45, 2.75) is 17.9 Å². The lowest BCUT2D eigenvalue weighted by molar-refractivity contribution is -0.138. The zero-order valence-electron chi connectivity index (χ0n) is 14.4. The number of carbonyl (C=O) groups is 1. The van der Waals surface area contributed by atoms with Crippen LogP contribution in [0.25, 0.3) is 0 Å². The van der Waals surface area contributed by atoms with Crippen LogP contribution in [-0.2, 0) is 19.6 Å². The summed E-state index contributed by atoms with van der Waals surface area (Å²) >= 11 is 3.28. The summed E-state index contributed by atoms with van der Waals surface area (Å²) in [5, 5.41) is 0. The monoisotopic (exact) mass is 453 g/mol. The molecular weight excluding hydrogens is 437 g/mol. The van der Waals surface area contributed by atoms with Gasteiger partial charge in [0.05, 0.1) is 23.1 Å². The van der Waals surface area contributed by atoms with E-state index in [1.165, 1.54) is 40.7 Å². The van der Waals surface area contributed by atoms with E-state index in [4.69, 9.17) is 4.74 Å². The maximum Gasteiger partial charge on any atom is 0.335 e. The Kier molecular flexibility index (Phi) is 5.78. The zero-order chi connectivity index (χ0) is 19.6. The van der Waals surface area contributed by atoms with Crippen molar-refractivity contribution in [3.8, 4) is 0 Å². The van der Waals surface area contributed by atoms with Gasteiger partial charge in [0.15, 0.2) is 0 Å².